The van der Waals surface area contributed by atoms with E-state index in [4.69, 9.17) is 5.73 Å². The Kier molecular flexibility index (Phi) is 6.00. The van der Waals surface area contributed by atoms with Gasteiger partial charge in [-0.25, -0.2) is 0 Å². The molecule has 0 aromatic heterocycles. The van der Waals surface area contributed by atoms with Crippen LogP contribution in [0.4, 0.5) is 0 Å². The van der Waals surface area contributed by atoms with Crippen molar-refractivity contribution in [3.8, 4) is 0 Å². The third kappa shape index (κ3) is 5.05. The molecule has 0 aliphatic carbocycles. The topological polar surface area (TPSA) is 72.2 Å². The Morgan fingerprint density at radius 3 is 2.26 bits per heavy atom. The maximum Gasteiger partial charge on any atom is 0.251 e. The van der Waals surface area contributed by atoms with Gasteiger partial charge < -0.3 is 11.1 Å². The first-order valence-electron chi connectivity index (χ1n) is 8.92. The summed E-state index contributed by atoms with van der Waals surface area (Å²) in [6.07, 6.45) is 1.68. The number of nitrogens with one attached hydrogen (secondary N) is 1. The summed E-state index contributed by atoms with van der Waals surface area (Å²) >= 11 is 0. The van der Waals surface area contributed by atoms with E-state index in [2.05, 4.69) is 17.4 Å². The first-order chi connectivity index (χ1) is 13.1. The maximum atomic E-state index is 12.7. The molecule has 0 atom stereocenters. The SMILES string of the molecule is NC(=O)c1cccc(CNC(=O)c2ccccc2CCc2ccccc2)c1. The van der Waals surface area contributed by atoms with Gasteiger partial charge >= 0.3 is 0 Å². The number of benzene rings is 3. The minimum absolute atomic E-state index is 0.122. The van der Waals surface area contributed by atoms with E-state index in [1.807, 2.05) is 48.5 Å². The van der Waals surface area contributed by atoms with Gasteiger partial charge in [-0.3, -0.25) is 9.59 Å². The predicted octanol–water partition coefficient (Wildman–Crippen LogP) is 3.50. The lowest BCUT2D eigenvalue weighted by molar-refractivity contribution is 0.0949. The Bertz CT molecular complexity index is 936. The highest BCUT2D eigenvalue weighted by Crippen LogP contribution is 2.13. The summed E-state index contributed by atoms with van der Waals surface area (Å²) in [6, 6.07) is 24.9. The Balaban J connectivity index is 1.66. The molecule has 0 heterocycles. The van der Waals surface area contributed by atoms with Gasteiger partial charge in [-0.2, -0.15) is 0 Å². The largest absolute Gasteiger partial charge is 0.366 e. The Morgan fingerprint density at radius 2 is 1.48 bits per heavy atom. The van der Waals surface area contributed by atoms with Crippen molar-refractivity contribution in [1.29, 1.82) is 0 Å². The van der Waals surface area contributed by atoms with Gasteiger partial charge in [0, 0.05) is 17.7 Å². The normalized spacial score (nSPS) is 10.4. The number of hydrogen-bond donors (Lipinski definition) is 2. The van der Waals surface area contributed by atoms with Crippen molar-refractivity contribution in [2.45, 2.75) is 19.4 Å². The predicted molar refractivity (Wildman–Crippen MR) is 106 cm³/mol. The molecule has 3 N–H and O–H groups in total. The second kappa shape index (κ2) is 8.81. The molecule has 0 aliphatic rings. The van der Waals surface area contributed by atoms with E-state index in [1.54, 1.807) is 18.2 Å². The van der Waals surface area contributed by atoms with Gasteiger partial charge in [0.2, 0.25) is 5.91 Å². The molecular weight excluding hydrogens is 336 g/mol. The van der Waals surface area contributed by atoms with Crippen LogP contribution in [0.2, 0.25) is 0 Å². The fourth-order valence-electron chi connectivity index (χ4n) is 3.00. The van der Waals surface area contributed by atoms with Crippen LogP contribution >= 0.6 is 0 Å². The van der Waals surface area contributed by atoms with Crippen LogP contribution in [0.5, 0.6) is 0 Å². The fourth-order valence-corrected chi connectivity index (χ4v) is 3.00. The monoisotopic (exact) mass is 358 g/mol. The maximum absolute atomic E-state index is 12.7. The van der Waals surface area contributed by atoms with Crippen molar-refractivity contribution < 1.29 is 9.59 Å². The Labute approximate surface area is 159 Å². The summed E-state index contributed by atoms with van der Waals surface area (Å²) in [7, 11) is 0. The van der Waals surface area contributed by atoms with Crippen LogP contribution < -0.4 is 11.1 Å². The summed E-state index contributed by atoms with van der Waals surface area (Å²) in [5.41, 5.74) is 9.52. The third-order valence-corrected chi connectivity index (χ3v) is 4.45. The molecule has 4 heteroatoms. The number of hydrogen-bond acceptors (Lipinski definition) is 2. The molecular formula is C23H22N2O2. The van der Waals surface area contributed by atoms with Crippen LogP contribution in [-0.4, -0.2) is 11.8 Å². The van der Waals surface area contributed by atoms with Gasteiger partial charge in [0.05, 0.1) is 0 Å². The number of carbonyl (C=O) groups excluding carboxylic acids is 2. The molecule has 3 rings (SSSR count). The Morgan fingerprint density at radius 1 is 0.778 bits per heavy atom. The molecule has 136 valence electrons. The number of primary amides is 1. The molecule has 4 nitrogen and oxygen atoms in total. The average molecular weight is 358 g/mol. The highest BCUT2D eigenvalue weighted by Gasteiger charge is 2.11. The van der Waals surface area contributed by atoms with Gasteiger partial charge in [-0.05, 0) is 47.7 Å². The molecule has 0 spiro atoms. The van der Waals surface area contributed by atoms with E-state index >= 15 is 0 Å². The lowest BCUT2D eigenvalue weighted by Gasteiger charge is -2.11. The number of carbonyl (C=O) groups is 2. The van der Waals surface area contributed by atoms with Crippen LogP contribution in [0, 0.1) is 0 Å². The lowest BCUT2D eigenvalue weighted by Crippen LogP contribution is -2.24. The zero-order valence-electron chi connectivity index (χ0n) is 15.0. The summed E-state index contributed by atoms with van der Waals surface area (Å²) in [5, 5.41) is 2.93. The standard InChI is InChI=1S/C23H22N2O2/c24-22(26)20-11-6-9-18(15-20)16-25-23(27)21-12-5-4-10-19(21)14-13-17-7-2-1-3-8-17/h1-12,15H,13-14,16H2,(H2,24,26)(H,25,27). The molecule has 0 unspecified atom stereocenters. The first kappa shape index (κ1) is 18.4. The summed E-state index contributed by atoms with van der Waals surface area (Å²) in [4.78, 5) is 23.9. The molecule has 0 aliphatic heterocycles. The smallest absolute Gasteiger partial charge is 0.251 e. The number of aryl methyl sites for hydroxylation is 2. The van der Waals surface area contributed by atoms with Crippen molar-refractivity contribution >= 4 is 11.8 Å². The van der Waals surface area contributed by atoms with Crippen molar-refractivity contribution in [1.82, 2.24) is 5.32 Å². The molecule has 3 aromatic carbocycles. The van der Waals surface area contributed by atoms with E-state index < -0.39 is 5.91 Å². The Hall–Kier alpha value is -3.40. The molecule has 3 aromatic rings. The minimum Gasteiger partial charge on any atom is -0.366 e. The van der Waals surface area contributed by atoms with E-state index in [0.29, 0.717) is 17.7 Å². The second-order valence-corrected chi connectivity index (χ2v) is 6.39. The van der Waals surface area contributed by atoms with Gasteiger partial charge in [-0.15, -0.1) is 0 Å². The van der Waals surface area contributed by atoms with Crippen molar-refractivity contribution in [2.75, 3.05) is 0 Å². The van der Waals surface area contributed by atoms with Crippen LogP contribution in [0.3, 0.4) is 0 Å². The summed E-state index contributed by atoms with van der Waals surface area (Å²) < 4.78 is 0. The van der Waals surface area contributed by atoms with E-state index in [-0.39, 0.29) is 5.91 Å². The van der Waals surface area contributed by atoms with E-state index in [0.717, 1.165) is 24.0 Å². The van der Waals surface area contributed by atoms with E-state index in [9.17, 15) is 9.59 Å². The second-order valence-electron chi connectivity index (χ2n) is 6.39. The highest BCUT2D eigenvalue weighted by molar-refractivity contribution is 5.96. The zero-order chi connectivity index (χ0) is 19.1. The number of amides is 2. The minimum atomic E-state index is -0.477. The van der Waals surface area contributed by atoms with Crippen LogP contribution in [-0.2, 0) is 19.4 Å². The molecule has 0 radical (unpaired) electrons. The number of nitrogens with two attached hydrogens (primary N) is 1. The lowest BCUT2D eigenvalue weighted by atomic mass is 9.99. The van der Waals surface area contributed by atoms with Crippen molar-refractivity contribution in [2.24, 2.45) is 5.73 Å². The fraction of sp³-hybridized carbons (Fsp3) is 0.130. The molecule has 0 saturated carbocycles. The van der Waals surface area contributed by atoms with Crippen molar-refractivity contribution in [3.05, 3.63) is 107 Å². The number of rotatable bonds is 7. The van der Waals surface area contributed by atoms with Crippen LogP contribution in [0.25, 0.3) is 0 Å². The molecule has 2 amide bonds. The van der Waals surface area contributed by atoms with Gasteiger partial charge in [0.1, 0.15) is 0 Å². The van der Waals surface area contributed by atoms with Crippen LogP contribution in [0.1, 0.15) is 37.4 Å². The van der Waals surface area contributed by atoms with Crippen molar-refractivity contribution in [3.63, 3.8) is 0 Å². The molecule has 0 saturated heterocycles. The van der Waals surface area contributed by atoms with E-state index in [1.165, 1.54) is 5.56 Å². The molecule has 0 fully saturated rings. The summed E-state index contributed by atoms with van der Waals surface area (Å²) in [5.74, 6) is -0.599. The van der Waals surface area contributed by atoms with Crippen LogP contribution in [0.15, 0.2) is 78.9 Å². The quantitative estimate of drug-likeness (QED) is 0.678. The third-order valence-electron chi connectivity index (χ3n) is 4.45. The molecule has 27 heavy (non-hydrogen) atoms. The molecule has 0 bridgehead atoms. The highest BCUT2D eigenvalue weighted by atomic mass is 16.2. The van der Waals surface area contributed by atoms with Gasteiger partial charge in [-0.1, -0.05) is 60.7 Å². The zero-order valence-corrected chi connectivity index (χ0v) is 15.0. The van der Waals surface area contributed by atoms with Gasteiger partial charge in [0.25, 0.3) is 5.91 Å². The summed E-state index contributed by atoms with van der Waals surface area (Å²) in [6.45, 7) is 0.340. The average Bonchev–Trinajstić information content (AvgIpc) is 2.71. The van der Waals surface area contributed by atoms with Gasteiger partial charge in [0.15, 0.2) is 0 Å². The first-order valence-corrected chi connectivity index (χ1v) is 8.92.